The highest BCUT2D eigenvalue weighted by atomic mass is 16.6. The van der Waals surface area contributed by atoms with E-state index >= 15 is 0 Å². The minimum atomic E-state index is -0.968. The third-order valence-electron chi connectivity index (χ3n) is 8.23. The van der Waals surface area contributed by atoms with Crippen LogP contribution in [0.2, 0.25) is 0 Å². The smallest absolute Gasteiger partial charge is 0.410 e. The molecule has 0 aliphatic carbocycles. The van der Waals surface area contributed by atoms with Gasteiger partial charge in [0.25, 0.3) is 0 Å². The highest BCUT2D eigenvalue weighted by Crippen LogP contribution is 2.35. The summed E-state index contributed by atoms with van der Waals surface area (Å²) in [4.78, 5) is 41.4. The topological polar surface area (TPSA) is 94.2 Å². The number of nitrogens with zero attached hydrogens (tertiary/aromatic N) is 1. The van der Waals surface area contributed by atoms with Crippen LogP contribution in [0.1, 0.15) is 70.7 Å². The molecule has 49 heavy (non-hydrogen) atoms. The van der Waals surface area contributed by atoms with E-state index in [9.17, 15) is 14.4 Å². The van der Waals surface area contributed by atoms with Gasteiger partial charge >= 0.3 is 12.1 Å². The van der Waals surface area contributed by atoms with Gasteiger partial charge in [-0.1, -0.05) is 102 Å². The molecule has 4 aromatic carbocycles. The summed E-state index contributed by atoms with van der Waals surface area (Å²) in [7, 11) is 0. The molecule has 0 saturated carbocycles. The quantitative estimate of drug-likeness (QED) is 0.142. The van der Waals surface area contributed by atoms with Crippen LogP contribution in [0.5, 0.6) is 17.2 Å². The Hall–Kier alpha value is -5.11. The van der Waals surface area contributed by atoms with E-state index in [2.05, 4.69) is 26.1 Å². The maximum absolute atomic E-state index is 13.8. The van der Waals surface area contributed by atoms with Gasteiger partial charge in [0.05, 0.1) is 13.0 Å². The van der Waals surface area contributed by atoms with Gasteiger partial charge in [0.2, 0.25) is 5.91 Å². The van der Waals surface area contributed by atoms with E-state index in [4.69, 9.17) is 14.2 Å². The molecule has 5 rings (SSSR count). The Morgan fingerprint density at radius 3 is 2.06 bits per heavy atom. The number of nitrogens with one attached hydrogen (secondary N) is 1. The van der Waals surface area contributed by atoms with Crippen LogP contribution in [0, 0.1) is 5.41 Å². The van der Waals surface area contributed by atoms with Gasteiger partial charge < -0.3 is 19.5 Å². The van der Waals surface area contributed by atoms with Gasteiger partial charge in [-0.15, -0.1) is 0 Å². The molecular formula is C41H46N2O6. The van der Waals surface area contributed by atoms with Crippen molar-refractivity contribution in [3.63, 3.8) is 0 Å². The highest BCUT2D eigenvalue weighted by molar-refractivity contribution is 5.88. The van der Waals surface area contributed by atoms with Crippen molar-refractivity contribution in [3.8, 4) is 28.4 Å². The number of hydrogen-bond donors (Lipinski definition) is 1. The van der Waals surface area contributed by atoms with Crippen LogP contribution < -0.4 is 14.8 Å². The number of ether oxygens (including phenoxy) is 3. The van der Waals surface area contributed by atoms with Gasteiger partial charge in [0.1, 0.15) is 23.3 Å². The number of esters is 1. The van der Waals surface area contributed by atoms with Crippen LogP contribution in [0.25, 0.3) is 11.1 Å². The number of rotatable bonds is 9. The first-order valence-electron chi connectivity index (χ1n) is 16.8. The van der Waals surface area contributed by atoms with Crippen LogP contribution in [0.4, 0.5) is 4.79 Å². The molecule has 0 saturated heterocycles. The van der Waals surface area contributed by atoms with E-state index in [-0.39, 0.29) is 30.4 Å². The molecule has 256 valence electrons. The first-order chi connectivity index (χ1) is 23.3. The molecule has 8 nitrogen and oxygen atoms in total. The van der Waals surface area contributed by atoms with E-state index in [0.29, 0.717) is 35.8 Å². The van der Waals surface area contributed by atoms with Crippen molar-refractivity contribution in [2.75, 3.05) is 19.7 Å². The summed E-state index contributed by atoms with van der Waals surface area (Å²) in [5, 5.41) is 2.86. The second-order valence-corrected chi connectivity index (χ2v) is 14.6. The average Bonchev–Trinajstić information content (AvgIpc) is 3.07. The average molecular weight is 663 g/mol. The fourth-order valence-corrected chi connectivity index (χ4v) is 5.57. The SMILES string of the molecule is CC(C)(C)COC(=O)N1CCc2ccc(Oc3ccc(C(C)(C)C)cc3)cc2[C@H]1C(=O)NCCC(=O)Oc1ccc(-c2ccccc2)cc1. The van der Waals surface area contributed by atoms with Gasteiger partial charge in [0.15, 0.2) is 0 Å². The van der Waals surface area contributed by atoms with Crippen molar-refractivity contribution in [1.29, 1.82) is 0 Å². The van der Waals surface area contributed by atoms with Crippen LogP contribution >= 0.6 is 0 Å². The van der Waals surface area contributed by atoms with Crippen molar-refractivity contribution in [2.24, 2.45) is 5.41 Å². The number of carbonyl (C=O) groups is 3. The molecule has 1 heterocycles. The molecule has 1 aliphatic heterocycles. The van der Waals surface area contributed by atoms with Crippen molar-refractivity contribution in [1.82, 2.24) is 10.2 Å². The van der Waals surface area contributed by atoms with Gasteiger partial charge in [-0.05, 0) is 81.5 Å². The van der Waals surface area contributed by atoms with E-state index in [1.54, 1.807) is 12.1 Å². The van der Waals surface area contributed by atoms with Crippen molar-refractivity contribution in [3.05, 3.63) is 114 Å². The summed E-state index contributed by atoms with van der Waals surface area (Å²) in [6.45, 7) is 12.9. The van der Waals surface area contributed by atoms with Crippen LogP contribution in [0.3, 0.4) is 0 Å². The minimum absolute atomic E-state index is 0.0147. The largest absolute Gasteiger partial charge is 0.457 e. The lowest BCUT2D eigenvalue weighted by molar-refractivity contribution is -0.134. The molecule has 0 spiro atoms. The zero-order valence-corrected chi connectivity index (χ0v) is 29.2. The number of hydrogen-bond acceptors (Lipinski definition) is 6. The highest BCUT2D eigenvalue weighted by Gasteiger charge is 2.37. The first kappa shape index (κ1) is 35.2. The summed E-state index contributed by atoms with van der Waals surface area (Å²) >= 11 is 0. The lowest BCUT2D eigenvalue weighted by atomic mass is 9.87. The summed E-state index contributed by atoms with van der Waals surface area (Å²) in [5.41, 5.74) is 4.63. The molecule has 8 heteroatoms. The number of carbonyl (C=O) groups excluding carboxylic acids is 3. The molecule has 1 N–H and O–H groups in total. The summed E-state index contributed by atoms with van der Waals surface area (Å²) < 4.78 is 17.4. The van der Waals surface area contributed by atoms with Gasteiger partial charge in [-0.25, -0.2) is 4.79 Å². The van der Waals surface area contributed by atoms with Gasteiger partial charge in [-0.3, -0.25) is 14.5 Å². The second-order valence-electron chi connectivity index (χ2n) is 14.6. The van der Waals surface area contributed by atoms with Gasteiger partial charge in [0, 0.05) is 13.1 Å². The maximum Gasteiger partial charge on any atom is 0.410 e. The Kier molecular flexibility index (Phi) is 10.8. The zero-order valence-electron chi connectivity index (χ0n) is 29.2. The van der Waals surface area contributed by atoms with E-state index in [0.717, 1.165) is 16.7 Å². The molecule has 0 radical (unpaired) electrons. The Labute approximate surface area is 289 Å². The molecule has 0 fully saturated rings. The molecule has 1 aliphatic rings. The normalized spacial score (nSPS) is 14.4. The van der Waals surface area contributed by atoms with Crippen molar-refractivity contribution >= 4 is 18.0 Å². The molecule has 4 aromatic rings. The molecule has 0 aromatic heterocycles. The summed E-state index contributed by atoms with van der Waals surface area (Å²) in [6, 6.07) is 29.8. The Balaban J connectivity index is 1.28. The standard InChI is InChI=1S/C41H46N2O6/c1-40(2,3)27-47-39(46)43-25-23-30-14-19-34(48-32-20-15-31(16-21-32)41(4,5)6)26-35(30)37(43)38(45)42-24-22-36(44)49-33-17-12-29(13-18-33)28-10-8-7-9-11-28/h7-21,26,37H,22-25,27H2,1-6H3,(H,42,45)/t37-/m0/s1. The van der Waals surface area contributed by atoms with Crippen LogP contribution in [0.15, 0.2) is 97.1 Å². The predicted molar refractivity (Wildman–Crippen MR) is 191 cm³/mol. The molecule has 0 unspecified atom stereocenters. The minimum Gasteiger partial charge on any atom is -0.457 e. The van der Waals surface area contributed by atoms with Crippen molar-refractivity contribution in [2.45, 2.75) is 65.8 Å². The van der Waals surface area contributed by atoms with Gasteiger partial charge in [-0.2, -0.15) is 0 Å². The molecular weight excluding hydrogens is 616 g/mol. The van der Waals surface area contributed by atoms with E-state index in [1.807, 2.05) is 106 Å². The number of benzene rings is 4. The van der Waals surface area contributed by atoms with Crippen molar-refractivity contribution < 1.29 is 28.6 Å². The third-order valence-corrected chi connectivity index (χ3v) is 8.23. The number of amides is 2. The lowest BCUT2D eigenvalue weighted by Crippen LogP contribution is -2.48. The molecule has 1 atom stereocenters. The zero-order chi connectivity index (χ0) is 35.2. The Morgan fingerprint density at radius 1 is 0.776 bits per heavy atom. The van der Waals surface area contributed by atoms with Crippen LogP contribution in [-0.4, -0.2) is 42.6 Å². The fraction of sp³-hybridized carbons (Fsp3) is 0.341. The Morgan fingerprint density at radius 2 is 1.41 bits per heavy atom. The van der Waals surface area contributed by atoms with Crippen LogP contribution in [-0.2, 0) is 26.2 Å². The fourth-order valence-electron chi connectivity index (χ4n) is 5.57. The monoisotopic (exact) mass is 662 g/mol. The predicted octanol–water partition coefficient (Wildman–Crippen LogP) is 8.64. The maximum atomic E-state index is 13.8. The second kappa shape index (κ2) is 15.0. The summed E-state index contributed by atoms with van der Waals surface area (Å²) in [6.07, 6.45) is -0.0589. The molecule has 0 bridgehead atoms. The summed E-state index contributed by atoms with van der Waals surface area (Å²) in [5.74, 6) is 0.739. The lowest BCUT2D eigenvalue weighted by Gasteiger charge is -2.36. The first-order valence-corrected chi connectivity index (χ1v) is 16.8. The Bertz CT molecular complexity index is 1750. The van der Waals surface area contributed by atoms with E-state index < -0.39 is 24.0 Å². The number of fused-ring (bicyclic) bond motifs is 1. The third kappa shape index (κ3) is 9.50. The molecule has 2 amide bonds. The van der Waals surface area contributed by atoms with E-state index in [1.165, 1.54) is 10.5 Å².